The summed E-state index contributed by atoms with van der Waals surface area (Å²) < 4.78 is 5.46. The van der Waals surface area contributed by atoms with E-state index < -0.39 is 0 Å². The smallest absolute Gasteiger partial charge is 0.249 e. The molecule has 0 saturated carbocycles. The van der Waals surface area contributed by atoms with Gasteiger partial charge in [-0.05, 0) is 19.8 Å². The Labute approximate surface area is 150 Å². The Morgan fingerprint density at radius 1 is 1.31 bits per heavy atom. The minimum atomic E-state index is -0.152. The highest BCUT2D eigenvalue weighted by molar-refractivity contribution is 5.77. The molecule has 3 aromatic rings. The summed E-state index contributed by atoms with van der Waals surface area (Å²) in [5.74, 6) is 2.54. The van der Waals surface area contributed by atoms with Crippen molar-refractivity contribution in [3.05, 3.63) is 47.9 Å². The van der Waals surface area contributed by atoms with Crippen LogP contribution in [0.1, 0.15) is 42.8 Å². The van der Waals surface area contributed by atoms with Crippen LogP contribution < -0.4 is 0 Å². The lowest BCUT2D eigenvalue weighted by molar-refractivity contribution is -0.132. The van der Waals surface area contributed by atoms with E-state index in [1.54, 1.807) is 0 Å². The Morgan fingerprint density at radius 2 is 2.15 bits per heavy atom. The number of benzene rings is 1. The minimum Gasteiger partial charge on any atom is -0.337 e. The molecular formula is C18H20N6O2. The first kappa shape index (κ1) is 16.4. The second kappa shape index (κ2) is 7.07. The molecule has 4 rings (SSSR count). The summed E-state index contributed by atoms with van der Waals surface area (Å²) >= 11 is 0. The van der Waals surface area contributed by atoms with Gasteiger partial charge in [0.2, 0.25) is 17.6 Å². The number of nitrogens with one attached hydrogen (secondary N) is 1. The molecule has 134 valence electrons. The number of carbonyl (C=O) groups is 1. The number of aromatic nitrogens is 5. The maximum Gasteiger partial charge on any atom is 0.249 e. The highest BCUT2D eigenvalue weighted by Crippen LogP contribution is 2.32. The minimum absolute atomic E-state index is 0.0643. The first-order valence-corrected chi connectivity index (χ1v) is 8.77. The lowest BCUT2D eigenvalue weighted by Gasteiger charge is -2.21. The van der Waals surface area contributed by atoms with Crippen LogP contribution in [-0.2, 0) is 11.2 Å². The predicted molar refractivity (Wildman–Crippen MR) is 92.9 cm³/mol. The molecule has 0 bridgehead atoms. The number of hydrogen-bond acceptors (Lipinski definition) is 6. The Kier molecular flexibility index (Phi) is 4.47. The molecule has 1 aliphatic heterocycles. The molecule has 1 fully saturated rings. The highest BCUT2D eigenvalue weighted by atomic mass is 16.5. The molecule has 2 aromatic heterocycles. The molecule has 0 spiro atoms. The number of aromatic amines is 1. The maximum atomic E-state index is 12.7. The molecule has 3 heterocycles. The lowest BCUT2D eigenvalue weighted by atomic mass is 10.2. The van der Waals surface area contributed by atoms with Gasteiger partial charge in [-0.2, -0.15) is 10.1 Å². The summed E-state index contributed by atoms with van der Waals surface area (Å²) in [6.45, 7) is 2.55. The summed E-state index contributed by atoms with van der Waals surface area (Å²) in [4.78, 5) is 23.3. The fraction of sp³-hybridized carbons (Fsp3) is 0.389. The molecule has 0 radical (unpaired) electrons. The zero-order valence-electron chi connectivity index (χ0n) is 14.6. The van der Waals surface area contributed by atoms with Crippen molar-refractivity contribution in [2.24, 2.45) is 0 Å². The van der Waals surface area contributed by atoms with E-state index >= 15 is 0 Å². The van der Waals surface area contributed by atoms with E-state index in [0.29, 0.717) is 36.9 Å². The van der Waals surface area contributed by atoms with E-state index in [0.717, 1.165) is 24.2 Å². The predicted octanol–water partition coefficient (Wildman–Crippen LogP) is 2.46. The van der Waals surface area contributed by atoms with E-state index in [4.69, 9.17) is 4.52 Å². The SMILES string of the molecule is Cc1nc(CCC(=O)N2CCC[C@H]2c2nc(-c3ccccc3)no2)n[nH]1. The number of likely N-dealkylation sites (tertiary alicyclic amines) is 1. The topological polar surface area (TPSA) is 101 Å². The zero-order valence-corrected chi connectivity index (χ0v) is 14.6. The van der Waals surface area contributed by atoms with Gasteiger partial charge in [-0.1, -0.05) is 35.5 Å². The average Bonchev–Trinajstić information content (AvgIpc) is 3.40. The number of carbonyl (C=O) groups excluding carboxylic acids is 1. The van der Waals surface area contributed by atoms with Crippen molar-refractivity contribution in [2.45, 2.75) is 38.6 Å². The number of amides is 1. The van der Waals surface area contributed by atoms with Crippen molar-refractivity contribution < 1.29 is 9.32 Å². The van der Waals surface area contributed by atoms with Crippen LogP contribution in [0.3, 0.4) is 0 Å². The monoisotopic (exact) mass is 352 g/mol. The van der Waals surface area contributed by atoms with Gasteiger partial charge in [0.05, 0.1) is 0 Å². The average molecular weight is 352 g/mol. The largest absolute Gasteiger partial charge is 0.337 e. The van der Waals surface area contributed by atoms with Crippen LogP contribution in [0.4, 0.5) is 0 Å². The van der Waals surface area contributed by atoms with E-state index in [1.165, 1.54) is 0 Å². The van der Waals surface area contributed by atoms with Crippen LogP contribution in [0.15, 0.2) is 34.9 Å². The number of nitrogens with zero attached hydrogens (tertiary/aromatic N) is 5. The van der Waals surface area contributed by atoms with Crippen LogP contribution in [0, 0.1) is 6.92 Å². The third kappa shape index (κ3) is 3.35. The standard InChI is InChI=1S/C18H20N6O2/c1-12-19-15(22-21-12)9-10-16(25)24-11-5-8-14(24)18-20-17(23-26-18)13-6-3-2-4-7-13/h2-4,6-7,14H,5,8-11H2,1H3,(H,19,21,22)/t14-/m0/s1. The van der Waals surface area contributed by atoms with Gasteiger partial charge in [-0.15, -0.1) is 0 Å². The molecule has 1 atom stereocenters. The number of aryl methyl sites for hydroxylation is 2. The van der Waals surface area contributed by atoms with Crippen molar-refractivity contribution in [3.8, 4) is 11.4 Å². The summed E-state index contributed by atoms with van der Waals surface area (Å²) in [5, 5.41) is 10.9. The highest BCUT2D eigenvalue weighted by Gasteiger charge is 2.33. The van der Waals surface area contributed by atoms with Gasteiger partial charge in [0.1, 0.15) is 11.9 Å². The van der Waals surface area contributed by atoms with Crippen LogP contribution >= 0.6 is 0 Å². The Bertz CT molecular complexity index is 888. The number of rotatable bonds is 5. The van der Waals surface area contributed by atoms with Gasteiger partial charge in [0.15, 0.2) is 5.82 Å². The van der Waals surface area contributed by atoms with Crippen molar-refractivity contribution in [1.82, 2.24) is 30.2 Å². The summed E-state index contributed by atoms with van der Waals surface area (Å²) in [7, 11) is 0. The third-order valence-electron chi connectivity index (χ3n) is 4.54. The van der Waals surface area contributed by atoms with Gasteiger partial charge in [0, 0.05) is 24.9 Å². The molecule has 1 saturated heterocycles. The third-order valence-corrected chi connectivity index (χ3v) is 4.54. The normalized spacial score (nSPS) is 17.0. The molecule has 1 N–H and O–H groups in total. The molecule has 1 amide bonds. The van der Waals surface area contributed by atoms with Crippen LogP contribution in [-0.4, -0.2) is 42.7 Å². The molecular weight excluding hydrogens is 332 g/mol. The van der Waals surface area contributed by atoms with E-state index in [9.17, 15) is 4.79 Å². The maximum absolute atomic E-state index is 12.7. The molecule has 1 aromatic carbocycles. The van der Waals surface area contributed by atoms with E-state index in [2.05, 4.69) is 25.3 Å². The van der Waals surface area contributed by atoms with E-state index in [-0.39, 0.29) is 11.9 Å². The van der Waals surface area contributed by atoms with Gasteiger partial charge >= 0.3 is 0 Å². The van der Waals surface area contributed by atoms with Crippen molar-refractivity contribution in [1.29, 1.82) is 0 Å². The van der Waals surface area contributed by atoms with Crippen molar-refractivity contribution in [2.75, 3.05) is 6.54 Å². The summed E-state index contributed by atoms with van der Waals surface area (Å²) in [6, 6.07) is 9.53. The second-order valence-electron chi connectivity index (χ2n) is 6.40. The number of H-pyrrole nitrogens is 1. The van der Waals surface area contributed by atoms with Gasteiger partial charge in [0.25, 0.3) is 0 Å². The molecule has 8 nitrogen and oxygen atoms in total. The van der Waals surface area contributed by atoms with Crippen LogP contribution in [0.2, 0.25) is 0 Å². The van der Waals surface area contributed by atoms with Crippen LogP contribution in [0.5, 0.6) is 0 Å². The molecule has 0 unspecified atom stereocenters. The zero-order chi connectivity index (χ0) is 17.9. The lowest BCUT2D eigenvalue weighted by Crippen LogP contribution is -2.31. The Morgan fingerprint density at radius 3 is 2.92 bits per heavy atom. The van der Waals surface area contributed by atoms with Gasteiger partial charge < -0.3 is 9.42 Å². The van der Waals surface area contributed by atoms with Crippen molar-refractivity contribution in [3.63, 3.8) is 0 Å². The summed E-state index contributed by atoms with van der Waals surface area (Å²) in [5.41, 5.74) is 0.901. The fourth-order valence-electron chi connectivity index (χ4n) is 3.26. The first-order chi connectivity index (χ1) is 12.7. The van der Waals surface area contributed by atoms with Crippen LogP contribution in [0.25, 0.3) is 11.4 Å². The fourth-order valence-corrected chi connectivity index (χ4v) is 3.26. The van der Waals surface area contributed by atoms with E-state index in [1.807, 2.05) is 42.2 Å². The molecule has 26 heavy (non-hydrogen) atoms. The Hall–Kier alpha value is -3.03. The molecule has 8 heteroatoms. The van der Waals surface area contributed by atoms with Crippen molar-refractivity contribution >= 4 is 5.91 Å². The number of hydrogen-bond donors (Lipinski definition) is 1. The molecule has 0 aliphatic carbocycles. The van der Waals surface area contributed by atoms with Gasteiger partial charge in [-0.3, -0.25) is 9.89 Å². The Balaban J connectivity index is 1.44. The molecule has 1 aliphatic rings. The second-order valence-corrected chi connectivity index (χ2v) is 6.40. The first-order valence-electron chi connectivity index (χ1n) is 8.77. The van der Waals surface area contributed by atoms with Gasteiger partial charge in [-0.25, -0.2) is 4.98 Å². The quantitative estimate of drug-likeness (QED) is 0.757. The summed E-state index contributed by atoms with van der Waals surface area (Å²) in [6.07, 6.45) is 2.65.